The quantitative estimate of drug-likeness (QED) is 0.571. The van der Waals surface area contributed by atoms with Gasteiger partial charge in [-0.25, -0.2) is 0 Å². The molecule has 0 aromatic heterocycles. The Kier molecular flexibility index (Phi) is 6.59. The van der Waals surface area contributed by atoms with Crippen LogP contribution in [0.1, 0.15) is 19.3 Å². The number of carbonyl (C=O) groups excluding carboxylic acids is 1. The maximum Gasteiger partial charge on any atom is 0.271 e. The van der Waals surface area contributed by atoms with Crippen molar-refractivity contribution < 1.29 is 23.9 Å². The van der Waals surface area contributed by atoms with E-state index in [1.807, 2.05) is 0 Å². The van der Waals surface area contributed by atoms with E-state index >= 15 is 0 Å². The minimum atomic E-state index is -0.503. The Bertz CT molecular complexity index is 669. The smallest absolute Gasteiger partial charge is 0.271 e. The van der Waals surface area contributed by atoms with Gasteiger partial charge in [0.05, 0.1) is 30.9 Å². The van der Waals surface area contributed by atoms with Gasteiger partial charge in [0.2, 0.25) is 5.91 Å². The third-order valence-electron chi connectivity index (χ3n) is 4.99. The molecule has 0 radical (unpaired) electrons. The van der Waals surface area contributed by atoms with Gasteiger partial charge in [-0.1, -0.05) is 0 Å². The molecule has 1 aromatic carbocycles. The summed E-state index contributed by atoms with van der Waals surface area (Å²) in [5, 5.41) is 13.6. The molecule has 1 aromatic rings. The molecule has 1 N–H and O–H groups in total. The first-order valence-electron chi connectivity index (χ1n) is 9.14. The lowest BCUT2D eigenvalue weighted by Gasteiger charge is -2.33. The minimum absolute atomic E-state index is 0.0724. The van der Waals surface area contributed by atoms with Crippen LogP contribution in [0.5, 0.6) is 5.75 Å². The molecule has 3 rings (SSSR count). The normalized spacial score (nSPS) is 19.1. The molecule has 9 heteroatoms. The van der Waals surface area contributed by atoms with Gasteiger partial charge >= 0.3 is 0 Å². The second kappa shape index (κ2) is 9.12. The first kappa shape index (κ1) is 19.5. The Morgan fingerprint density at radius 2 is 2.04 bits per heavy atom. The van der Waals surface area contributed by atoms with E-state index in [0.717, 1.165) is 25.9 Å². The Balaban J connectivity index is 1.46. The highest BCUT2D eigenvalue weighted by Gasteiger charge is 2.30. The van der Waals surface area contributed by atoms with E-state index in [1.54, 1.807) is 0 Å². The molecular weight excluding hydrogens is 354 g/mol. The molecular formula is C18H25N3O6. The summed E-state index contributed by atoms with van der Waals surface area (Å²) >= 11 is 0. The van der Waals surface area contributed by atoms with Gasteiger partial charge in [0.25, 0.3) is 5.69 Å². The number of nitrogens with zero attached hydrogens (tertiary/aromatic N) is 2. The van der Waals surface area contributed by atoms with E-state index in [4.69, 9.17) is 14.2 Å². The number of ether oxygens (including phenoxy) is 3. The van der Waals surface area contributed by atoms with Crippen molar-refractivity contribution in [2.75, 3.05) is 45.3 Å². The summed E-state index contributed by atoms with van der Waals surface area (Å²) < 4.78 is 16.3. The van der Waals surface area contributed by atoms with Crippen LogP contribution in [0.3, 0.4) is 0 Å². The summed E-state index contributed by atoms with van der Waals surface area (Å²) in [5.74, 6) is 0.622. The van der Waals surface area contributed by atoms with Gasteiger partial charge in [-0.3, -0.25) is 14.9 Å². The highest BCUT2D eigenvalue weighted by Crippen LogP contribution is 2.29. The fourth-order valence-electron chi connectivity index (χ4n) is 3.48. The van der Waals surface area contributed by atoms with Crippen LogP contribution in [-0.4, -0.2) is 62.0 Å². The topological polar surface area (TPSA) is 103 Å². The Morgan fingerprint density at radius 1 is 1.33 bits per heavy atom. The fraction of sp³-hybridized carbons (Fsp3) is 0.611. The Morgan fingerprint density at radius 3 is 2.67 bits per heavy atom. The zero-order valence-corrected chi connectivity index (χ0v) is 15.4. The highest BCUT2D eigenvalue weighted by molar-refractivity contribution is 5.92. The summed E-state index contributed by atoms with van der Waals surface area (Å²) in [5.41, 5.74) is 0.218. The number of non-ortho nitro benzene ring substituents is 1. The van der Waals surface area contributed by atoms with Gasteiger partial charge in [0.15, 0.2) is 6.29 Å². The lowest BCUT2D eigenvalue weighted by atomic mass is 9.96. The Hall–Kier alpha value is -2.23. The molecule has 2 heterocycles. The van der Waals surface area contributed by atoms with Crippen molar-refractivity contribution in [3.8, 4) is 5.75 Å². The SMILES string of the molecule is COc1ccc([N+](=O)[O-])cc1NC(=O)CCN1CCC(C2OCCO2)CC1. The maximum atomic E-state index is 12.3. The molecule has 2 saturated heterocycles. The number of piperidine rings is 1. The number of likely N-dealkylation sites (tertiary alicyclic amines) is 1. The first-order valence-corrected chi connectivity index (χ1v) is 9.14. The summed E-state index contributed by atoms with van der Waals surface area (Å²) in [6.07, 6.45) is 2.22. The molecule has 0 aliphatic carbocycles. The van der Waals surface area contributed by atoms with Gasteiger partial charge in [0, 0.05) is 31.0 Å². The number of hydrogen-bond acceptors (Lipinski definition) is 7. The van der Waals surface area contributed by atoms with E-state index in [1.165, 1.54) is 25.3 Å². The molecule has 0 atom stereocenters. The summed E-state index contributed by atoms with van der Waals surface area (Å²) in [4.78, 5) is 24.9. The zero-order valence-electron chi connectivity index (χ0n) is 15.4. The van der Waals surface area contributed by atoms with Crippen molar-refractivity contribution in [3.05, 3.63) is 28.3 Å². The predicted octanol–water partition coefficient (Wildman–Crippen LogP) is 2.02. The molecule has 0 spiro atoms. The number of nitro benzene ring substituents is 1. The van der Waals surface area contributed by atoms with Crippen LogP contribution in [0.25, 0.3) is 0 Å². The zero-order chi connectivity index (χ0) is 19.2. The van der Waals surface area contributed by atoms with E-state index < -0.39 is 4.92 Å². The first-order chi connectivity index (χ1) is 13.1. The molecule has 1 amide bonds. The minimum Gasteiger partial charge on any atom is -0.495 e. The number of amides is 1. The molecule has 2 aliphatic heterocycles. The molecule has 2 fully saturated rings. The highest BCUT2D eigenvalue weighted by atomic mass is 16.7. The average molecular weight is 379 g/mol. The lowest BCUT2D eigenvalue weighted by Crippen LogP contribution is -2.39. The molecule has 0 saturated carbocycles. The van der Waals surface area contributed by atoms with Crippen LogP contribution in [0.4, 0.5) is 11.4 Å². The van der Waals surface area contributed by atoms with Crippen LogP contribution >= 0.6 is 0 Å². The fourth-order valence-corrected chi connectivity index (χ4v) is 3.48. The van der Waals surface area contributed by atoms with Crippen LogP contribution in [0, 0.1) is 16.0 Å². The van der Waals surface area contributed by atoms with E-state index in [9.17, 15) is 14.9 Å². The molecule has 148 valence electrons. The predicted molar refractivity (Wildman–Crippen MR) is 97.8 cm³/mol. The van der Waals surface area contributed by atoms with Gasteiger partial charge in [-0.05, 0) is 32.0 Å². The van der Waals surface area contributed by atoms with Gasteiger partial charge in [0.1, 0.15) is 5.75 Å². The van der Waals surface area contributed by atoms with Crippen LogP contribution in [0.2, 0.25) is 0 Å². The number of rotatable bonds is 7. The number of benzene rings is 1. The third-order valence-corrected chi connectivity index (χ3v) is 4.99. The van der Waals surface area contributed by atoms with Gasteiger partial charge in [-0.15, -0.1) is 0 Å². The molecule has 27 heavy (non-hydrogen) atoms. The number of nitro groups is 1. The molecule has 0 unspecified atom stereocenters. The van der Waals surface area contributed by atoms with Crippen molar-refractivity contribution in [2.45, 2.75) is 25.6 Å². The second-order valence-corrected chi connectivity index (χ2v) is 6.73. The number of methoxy groups -OCH3 is 1. The van der Waals surface area contributed by atoms with Gasteiger partial charge in [-0.2, -0.15) is 0 Å². The monoisotopic (exact) mass is 379 g/mol. The van der Waals surface area contributed by atoms with Crippen LogP contribution in [-0.2, 0) is 14.3 Å². The van der Waals surface area contributed by atoms with E-state index in [0.29, 0.717) is 43.5 Å². The second-order valence-electron chi connectivity index (χ2n) is 6.73. The van der Waals surface area contributed by atoms with Crippen molar-refractivity contribution in [2.24, 2.45) is 5.92 Å². The average Bonchev–Trinajstić information content (AvgIpc) is 3.21. The number of carbonyl (C=O) groups is 1. The largest absolute Gasteiger partial charge is 0.495 e. The summed E-state index contributed by atoms with van der Waals surface area (Å²) in [6, 6.07) is 4.13. The van der Waals surface area contributed by atoms with Crippen molar-refractivity contribution >= 4 is 17.3 Å². The van der Waals surface area contributed by atoms with E-state index in [-0.39, 0.29) is 17.9 Å². The van der Waals surface area contributed by atoms with Gasteiger partial charge < -0.3 is 24.4 Å². The molecule has 2 aliphatic rings. The number of anilines is 1. The number of hydrogen-bond donors (Lipinski definition) is 1. The van der Waals surface area contributed by atoms with Crippen molar-refractivity contribution in [1.82, 2.24) is 4.90 Å². The van der Waals surface area contributed by atoms with Crippen LogP contribution < -0.4 is 10.1 Å². The molecule has 0 bridgehead atoms. The summed E-state index contributed by atoms with van der Waals surface area (Å²) in [6.45, 7) is 3.79. The van der Waals surface area contributed by atoms with E-state index in [2.05, 4.69) is 10.2 Å². The maximum absolute atomic E-state index is 12.3. The molecule has 9 nitrogen and oxygen atoms in total. The Labute approximate surface area is 157 Å². The van der Waals surface area contributed by atoms with Crippen molar-refractivity contribution in [1.29, 1.82) is 0 Å². The van der Waals surface area contributed by atoms with Crippen molar-refractivity contribution in [3.63, 3.8) is 0 Å². The number of nitrogens with one attached hydrogen (secondary N) is 1. The van der Waals surface area contributed by atoms with Crippen LogP contribution in [0.15, 0.2) is 18.2 Å². The summed E-state index contributed by atoms with van der Waals surface area (Å²) in [7, 11) is 1.46. The third kappa shape index (κ3) is 5.15. The standard InChI is InChI=1S/C18H25N3O6/c1-25-16-3-2-14(21(23)24)12-15(16)19-17(22)6-9-20-7-4-13(5-8-20)18-26-10-11-27-18/h2-3,12-13,18H,4-11H2,1H3,(H,19,22). The lowest BCUT2D eigenvalue weighted by molar-refractivity contribution is -0.384.